The van der Waals surface area contributed by atoms with Crippen LogP contribution in [0.2, 0.25) is 0 Å². The maximum atomic E-state index is 12.1. The van der Waals surface area contributed by atoms with E-state index in [1.807, 2.05) is 0 Å². The monoisotopic (exact) mass is 396 g/mol. The second-order valence-corrected chi connectivity index (χ2v) is 5.89. The zero-order valence-electron chi connectivity index (χ0n) is 13.8. The van der Waals surface area contributed by atoms with Crippen LogP contribution in [0, 0.1) is 5.92 Å². The molecule has 1 aromatic carbocycles. The Morgan fingerprint density at radius 2 is 2.08 bits per heavy atom. The standard InChI is InChI=1S/C16H19F3N2O4.ClH/c17-16(18,19)10-25-13-3-1-2-11(6-13)7-20-14(22)9-21-5-4-12(8-21)15(23)24;/h1-3,6,12H,4-5,7-10H2,(H,20,22)(H,23,24);1H. The van der Waals surface area contributed by atoms with Crippen LogP contribution in [-0.4, -0.2) is 54.3 Å². The Kier molecular flexibility index (Phi) is 8.16. The first kappa shape index (κ1) is 22.0. The van der Waals surface area contributed by atoms with Crippen LogP contribution < -0.4 is 10.1 Å². The summed E-state index contributed by atoms with van der Waals surface area (Å²) in [5.74, 6) is -1.51. The topological polar surface area (TPSA) is 78.9 Å². The molecule has 26 heavy (non-hydrogen) atoms. The first-order chi connectivity index (χ1) is 11.7. The van der Waals surface area contributed by atoms with Gasteiger partial charge < -0.3 is 15.2 Å². The Morgan fingerprint density at radius 1 is 1.35 bits per heavy atom. The van der Waals surface area contributed by atoms with Crippen LogP contribution in [0.25, 0.3) is 0 Å². The van der Waals surface area contributed by atoms with Crippen molar-refractivity contribution in [2.24, 2.45) is 5.92 Å². The van der Waals surface area contributed by atoms with Gasteiger partial charge in [0.05, 0.1) is 12.5 Å². The SMILES string of the molecule is Cl.O=C(CN1CCC(C(=O)O)C1)NCc1cccc(OCC(F)(F)F)c1. The van der Waals surface area contributed by atoms with Crippen LogP contribution in [0.1, 0.15) is 12.0 Å². The molecule has 0 bridgehead atoms. The molecule has 1 heterocycles. The first-order valence-corrected chi connectivity index (χ1v) is 7.73. The Balaban J connectivity index is 0.00000338. The van der Waals surface area contributed by atoms with Gasteiger partial charge in [0.15, 0.2) is 6.61 Å². The minimum Gasteiger partial charge on any atom is -0.484 e. The minimum atomic E-state index is -4.41. The second kappa shape index (κ2) is 9.63. The number of hydrogen-bond acceptors (Lipinski definition) is 4. The Labute approximate surface area is 154 Å². The molecule has 0 saturated carbocycles. The van der Waals surface area contributed by atoms with E-state index in [9.17, 15) is 22.8 Å². The van der Waals surface area contributed by atoms with Gasteiger partial charge in [0.1, 0.15) is 5.75 Å². The second-order valence-electron chi connectivity index (χ2n) is 5.89. The smallest absolute Gasteiger partial charge is 0.422 e. The van der Waals surface area contributed by atoms with Gasteiger partial charge in [0.2, 0.25) is 5.91 Å². The van der Waals surface area contributed by atoms with Crippen molar-refractivity contribution in [3.63, 3.8) is 0 Å². The van der Waals surface area contributed by atoms with E-state index in [1.165, 1.54) is 12.1 Å². The lowest BCUT2D eigenvalue weighted by atomic mass is 10.1. The van der Waals surface area contributed by atoms with Gasteiger partial charge in [-0.25, -0.2) is 0 Å². The third-order valence-corrected chi connectivity index (χ3v) is 3.78. The number of carboxylic acid groups (broad SMARTS) is 1. The number of nitrogens with zero attached hydrogens (tertiary/aromatic N) is 1. The molecule has 1 fully saturated rings. The number of carbonyl (C=O) groups is 2. The number of carboxylic acids is 1. The van der Waals surface area contributed by atoms with Gasteiger partial charge in [-0.05, 0) is 30.7 Å². The van der Waals surface area contributed by atoms with Crippen molar-refractivity contribution < 1.29 is 32.6 Å². The van der Waals surface area contributed by atoms with E-state index in [0.29, 0.717) is 25.1 Å². The van der Waals surface area contributed by atoms with Gasteiger partial charge in [0.25, 0.3) is 0 Å². The van der Waals surface area contributed by atoms with Gasteiger partial charge in [-0.2, -0.15) is 13.2 Å². The summed E-state index contributed by atoms with van der Waals surface area (Å²) < 4.78 is 41.1. The number of hydrogen-bond donors (Lipinski definition) is 2. The van der Waals surface area contributed by atoms with Crippen molar-refractivity contribution in [3.05, 3.63) is 29.8 Å². The molecule has 1 unspecified atom stereocenters. The molecule has 2 N–H and O–H groups in total. The highest BCUT2D eigenvalue weighted by Crippen LogP contribution is 2.19. The largest absolute Gasteiger partial charge is 0.484 e. The predicted molar refractivity (Wildman–Crippen MR) is 89.3 cm³/mol. The number of halogens is 4. The number of benzene rings is 1. The fourth-order valence-electron chi connectivity index (χ4n) is 2.55. The van der Waals surface area contributed by atoms with Crippen LogP contribution in [0.5, 0.6) is 5.75 Å². The molecule has 0 aromatic heterocycles. The van der Waals surface area contributed by atoms with E-state index in [-0.39, 0.29) is 37.2 Å². The number of rotatable bonds is 7. The quantitative estimate of drug-likeness (QED) is 0.737. The van der Waals surface area contributed by atoms with Gasteiger partial charge in [0, 0.05) is 13.1 Å². The van der Waals surface area contributed by atoms with Crippen LogP contribution in [-0.2, 0) is 16.1 Å². The molecule has 0 spiro atoms. The fourth-order valence-corrected chi connectivity index (χ4v) is 2.55. The van der Waals surface area contributed by atoms with E-state index >= 15 is 0 Å². The minimum absolute atomic E-state index is 0. The molecule has 1 aliphatic rings. The molecule has 1 saturated heterocycles. The maximum absolute atomic E-state index is 12.1. The molecular weight excluding hydrogens is 377 g/mol. The van der Waals surface area contributed by atoms with Crippen molar-refractivity contribution in [2.75, 3.05) is 26.2 Å². The third-order valence-electron chi connectivity index (χ3n) is 3.78. The molecule has 146 valence electrons. The van der Waals surface area contributed by atoms with E-state index in [1.54, 1.807) is 17.0 Å². The molecule has 10 heteroatoms. The molecular formula is C16H20ClF3N2O4. The number of ether oxygens (including phenoxy) is 1. The summed E-state index contributed by atoms with van der Waals surface area (Å²) in [7, 11) is 0. The highest BCUT2D eigenvalue weighted by molar-refractivity contribution is 5.85. The highest BCUT2D eigenvalue weighted by atomic mass is 35.5. The normalized spacial score (nSPS) is 17.4. The average molecular weight is 397 g/mol. The lowest BCUT2D eigenvalue weighted by Crippen LogP contribution is -2.36. The summed E-state index contributed by atoms with van der Waals surface area (Å²) in [4.78, 5) is 24.6. The van der Waals surface area contributed by atoms with Crippen molar-refractivity contribution in [2.45, 2.75) is 19.1 Å². The molecule has 1 aromatic rings. The van der Waals surface area contributed by atoms with E-state index in [4.69, 9.17) is 5.11 Å². The van der Waals surface area contributed by atoms with Crippen molar-refractivity contribution >= 4 is 24.3 Å². The predicted octanol–water partition coefficient (Wildman–Crippen LogP) is 2.07. The van der Waals surface area contributed by atoms with Crippen LogP contribution in [0.4, 0.5) is 13.2 Å². The van der Waals surface area contributed by atoms with Crippen molar-refractivity contribution in [3.8, 4) is 5.75 Å². The van der Waals surface area contributed by atoms with Crippen LogP contribution in [0.3, 0.4) is 0 Å². The van der Waals surface area contributed by atoms with Crippen LogP contribution in [0.15, 0.2) is 24.3 Å². The Morgan fingerprint density at radius 3 is 2.69 bits per heavy atom. The number of alkyl halides is 3. The Hall–Kier alpha value is -2.00. The zero-order chi connectivity index (χ0) is 18.4. The lowest BCUT2D eigenvalue weighted by Gasteiger charge is -2.15. The zero-order valence-corrected chi connectivity index (χ0v) is 14.6. The van der Waals surface area contributed by atoms with E-state index in [2.05, 4.69) is 10.1 Å². The summed E-state index contributed by atoms with van der Waals surface area (Å²) >= 11 is 0. The summed E-state index contributed by atoms with van der Waals surface area (Å²) in [5.41, 5.74) is 0.609. The molecule has 2 rings (SSSR count). The third kappa shape index (κ3) is 7.49. The number of likely N-dealkylation sites (tertiary alicyclic amines) is 1. The molecule has 0 radical (unpaired) electrons. The molecule has 1 amide bonds. The summed E-state index contributed by atoms with van der Waals surface area (Å²) in [6.45, 7) is -0.247. The van der Waals surface area contributed by atoms with Gasteiger partial charge in [-0.15, -0.1) is 12.4 Å². The van der Waals surface area contributed by atoms with Crippen molar-refractivity contribution in [1.82, 2.24) is 10.2 Å². The number of aliphatic carboxylic acids is 1. The van der Waals surface area contributed by atoms with E-state index < -0.39 is 24.7 Å². The van der Waals surface area contributed by atoms with Gasteiger partial charge >= 0.3 is 12.1 Å². The molecule has 1 atom stereocenters. The summed E-state index contributed by atoms with van der Waals surface area (Å²) in [5, 5.41) is 11.6. The van der Waals surface area contributed by atoms with Crippen molar-refractivity contribution in [1.29, 1.82) is 0 Å². The summed E-state index contributed by atoms with van der Waals surface area (Å²) in [6, 6.07) is 6.05. The fraction of sp³-hybridized carbons (Fsp3) is 0.500. The maximum Gasteiger partial charge on any atom is 0.422 e. The average Bonchev–Trinajstić information content (AvgIpc) is 2.99. The number of nitrogens with one attached hydrogen (secondary N) is 1. The highest BCUT2D eigenvalue weighted by Gasteiger charge is 2.29. The molecule has 6 nitrogen and oxygen atoms in total. The first-order valence-electron chi connectivity index (χ1n) is 7.73. The number of carbonyl (C=O) groups excluding carboxylic acids is 1. The lowest BCUT2D eigenvalue weighted by molar-refractivity contribution is -0.153. The van der Waals surface area contributed by atoms with Crippen LogP contribution >= 0.6 is 12.4 Å². The summed E-state index contributed by atoms with van der Waals surface area (Å²) in [6.07, 6.45) is -3.89. The van der Waals surface area contributed by atoms with E-state index in [0.717, 1.165) is 0 Å². The van der Waals surface area contributed by atoms with Gasteiger partial charge in [-0.1, -0.05) is 12.1 Å². The molecule has 1 aliphatic heterocycles. The number of amides is 1. The Bertz CT molecular complexity index is 628. The van der Waals surface area contributed by atoms with Gasteiger partial charge in [-0.3, -0.25) is 14.5 Å². The molecule has 0 aliphatic carbocycles.